The van der Waals surface area contributed by atoms with Gasteiger partial charge in [-0.05, 0) is 46.1 Å². The number of fused-ring (bicyclic) bond motifs is 1. The van der Waals surface area contributed by atoms with E-state index < -0.39 is 10.0 Å². The van der Waals surface area contributed by atoms with Crippen LogP contribution in [0.15, 0.2) is 18.2 Å². The minimum atomic E-state index is -3.51. The highest BCUT2D eigenvalue weighted by Crippen LogP contribution is 2.27. The first-order valence-electron chi connectivity index (χ1n) is 11.4. The van der Waals surface area contributed by atoms with E-state index in [1.54, 1.807) is 31.2 Å². The topological polar surface area (TPSA) is 108 Å². The molecule has 0 unspecified atom stereocenters. The number of ether oxygens (including phenoxy) is 2. The van der Waals surface area contributed by atoms with E-state index in [-0.39, 0.29) is 60.0 Å². The second kappa shape index (κ2) is 11.9. The highest BCUT2D eigenvalue weighted by atomic mass is 32.2. The summed E-state index contributed by atoms with van der Waals surface area (Å²) < 4.78 is 38.3. The molecule has 0 saturated carbocycles. The van der Waals surface area contributed by atoms with Crippen LogP contribution in [-0.2, 0) is 19.6 Å². The summed E-state index contributed by atoms with van der Waals surface area (Å²) in [6, 6.07) is 4.36. The van der Waals surface area contributed by atoms with Gasteiger partial charge in [0.25, 0.3) is 5.91 Å². The maximum absolute atomic E-state index is 13.3. The summed E-state index contributed by atoms with van der Waals surface area (Å²) >= 11 is 0. The van der Waals surface area contributed by atoms with E-state index >= 15 is 0 Å². The van der Waals surface area contributed by atoms with E-state index in [9.17, 15) is 18.0 Å². The molecule has 1 N–H and O–H groups in total. The quantitative estimate of drug-likeness (QED) is 0.631. The SMILES string of the molecule is CCS(=O)(=O)Nc1ccc2c(c1)C(=O)N(C)C[C@@H](OC)[C@H](C)CN(C(=O)CN(C)C)[C@H](C)CO2. The average Bonchev–Trinajstić information content (AvgIpc) is 2.77. The molecule has 192 valence electrons. The number of hydrogen-bond acceptors (Lipinski definition) is 7. The molecule has 3 atom stereocenters. The summed E-state index contributed by atoms with van der Waals surface area (Å²) in [6.45, 7) is 6.64. The molecule has 1 heterocycles. The molecule has 0 saturated heterocycles. The Hall–Kier alpha value is -2.37. The fourth-order valence-corrected chi connectivity index (χ4v) is 4.43. The number of anilines is 1. The molecule has 0 bridgehead atoms. The molecule has 1 aliphatic rings. The third kappa shape index (κ3) is 7.31. The molecule has 1 aromatic rings. The third-order valence-corrected chi connectivity index (χ3v) is 7.18. The summed E-state index contributed by atoms with van der Waals surface area (Å²) in [5.41, 5.74) is 0.519. The maximum Gasteiger partial charge on any atom is 0.257 e. The Morgan fingerprint density at radius 1 is 1.26 bits per heavy atom. The molecular formula is C23H38N4O6S. The largest absolute Gasteiger partial charge is 0.491 e. The Morgan fingerprint density at radius 3 is 2.53 bits per heavy atom. The minimum absolute atomic E-state index is 0.0196. The first-order chi connectivity index (χ1) is 15.9. The second-order valence-electron chi connectivity index (χ2n) is 9.10. The molecule has 11 heteroatoms. The van der Waals surface area contributed by atoms with Gasteiger partial charge in [0.05, 0.1) is 30.0 Å². The smallest absolute Gasteiger partial charge is 0.257 e. The standard InChI is InChI=1S/C23H38N4O6S/c1-8-34(30,31)24-18-9-10-20-19(11-18)23(29)26(6)13-21(32-7)16(2)12-27(17(3)15-33-20)22(28)14-25(4)5/h9-11,16-17,21,24H,8,12-15H2,1-7H3/t16-,17-,21-/m1/s1. The fraction of sp³-hybridized carbons (Fsp3) is 0.652. The van der Waals surface area contributed by atoms with E-state index in [0.717, 1.165) is 0 Å². The first-order valence-corrected chi connectivity index (χ1v) is 13.0. The van der Waals surface area contributed by atoms with Crippen molar-refractivity contribution in [3.8, 4) is 5.75 Å². The number of amides is 2. The van der Waals surface area contributed by atoms with Gasteiger partial charge in [0.2, 0.25) is 15.9 Å². The van der Waals surface area contributed by atoms with Gasteiger partial charge in [0.15, 0.2) is 0 Å². The Labute approximate surface area is 203 Å². The van der Waals surface area contributed by atoms with Crippen LogP contribution in [0.5, 0.6) is 5.75 Å². The average molecular weight is 499 g/mol. The molecule has 0 spiro atoms. The van der Waals surface area contributed by atoms with Gasteiger partial charge >= 0.3 is 0 Å². The molecular weight excluding hydrogens is 460 g/mol. The molecule has 2 amide bonds. The lowest BCUT2D eigenvalue weighted by atomic mass is 10.0. The van der Waals surface area contributed by atoms with E-state index in [0.29, 0.717) is 18.8 Å². The van der Waals surface area contributed by atoms with Crippen molar-refractivity contribution in [2.75, 3.05) is 65.0 Å². The van der Waals surface area contributed by atoms with Gasteiger partial charge in [-0.2, -0.15) is 0 Å². The van der Waals surface area contributed by atoms with Crippen LogP contribution in [0.2, 0.25) is 0 Å². The number of nitrogens with zero attached hydrogens (tertiary/aromatic N) is 3. The van der Waals surface area contributed by atoms with Gasteiger partial charge < -0.3 is 24.2 Å². The van der Waals surface area contributed by atoms with E-state index in [2.05, 4.69) is 4.72 Å². The van der Waals surface area contributed by atoms with Gasteiger partial charge in [-0.25, -0.2) is 8.42 Å². The van der Waals surface area contributed by atoms with E-state index in [4.69, 9.17) is 9.47 Å². The van der Waals surface area contributed by atoms with E-state index in [1.807, 2.05) is 32.8 Å². The Kier molecular flexibility index (Phi) is 9.72. The predicted octanol–water partition coefficient (Wildman–Crippen LogP) is 1.34. The van der Waals surface area contributed by atoms with Crippen LogP contribution in [-0.4, -0.2) is 107 Å². The molecule has 0 radical (unpaired) electrons. The number of hydrogen-bond donors (Lipinski definition) is 1. The van der Waals surface area contributed by atoms with Crippen molar-refractivity contribution in [1.29, 1.82) is 0 Å². The van der Waals surface area contributed by atoms with Crippen molar-refractivity contribution in [2.45, 2.75) is 32.9 Å². The zero-order chi connectivity index (χ0) is 25.6. The number of sulfonamides is 1. The highest BCUT2D eigenvalue weighted by molar-refractivity contribution is 7.92. The minimum Gasteiger partial charge on any atom is -0.491 e. The Balaban J connectivity index is 2.47. The molecule has 1 aromatic carbocycles. The second-order valence-corrected chi connectivity index (χ2v) is 11.1. The summed E-state index contributed by atoms with van der Waals surface area (Å²) in [7, 11) is 3.44. The monoisotopic (exact) mass is 498 g/mol. The lowest BCUT2D eigenvalue weighted by Gasteiger charge is -2.36. The van der Waals surface area contributed by atoms with Crippen molar-refractivity contribution >= 4 is 27.5 Å². The molecule has 34 heavy (non-hydrogen) atoms. The van der Waals surface area contributed by atoms with E-state index in [1.165, 1.54) is 17.9 Å². The van der Waals surface area contributed by atoms with Crippen LogP contribution in [0.1, 0.15) is 31.1 Å². The number of nitrogens with one attached hydrogen (secondary N) is 1. The molecule has 0 aliphatic carbocycles. The number of likely N-dealkylation sites (N-methyl/N-ethyl adjacent to an activating group) is 2. The Bertz CT molecular complexity index is 968. The third-order valence-electron chi connectivity index (χ3n) is 5.87. The molecule has 10 nitrogen and oxygen atoms in total. The van der Waals surface area contributed by atoms with Crippen LogP contribution in [0, 0.1) is 5.92 Å². The van der Waals surface area contributed by atoms with Crippen molar-refractivity contribution < 1.29 is 27.5 Å². The molecule has 0 fully saturated rings. The van der Waals surface area contributed by atoms with Crippen LogP contribution in [0.3, 0.4) is 0 Å². The number of carbonyl (C=O) groups excluding carboxylic acids is 2. The molecule has 2 rings (SSSR count). The van der Waals surface area contributed by atoms with Crippen molar-refractivity contribution in [3.05, 3.63) is 23.8 Å². The summed E-state index contributed by atoms with van der Waals surface area (Å²) in [5.74, 6) is -0.138. The Morgan fingerprint density at radius 2 is 1.94 bits per heavy atom. The molecule has 1 aliphatic heterocycles. The lowest BCUT2D eigenvalue weighted by molar-refractivity contribution is -0.136. The zero-order valence-electron chi connectivity index (χ0n) is 21.2. The lowest BCUT2D eigenvalue weighted by Crippen LogP contribution is -2.50. The normalized spacial score (nSPS) is 22.5. The van der Waals surface area contributed by atoms with Gasteiger partial charge in [-0.15, -0.1) is 0 Å². The zero-order valence-corrected chi connectivity index (χ0v) is 22.0. The van der Waals surface area contributed by atoms with Crippen LogP contribution in [0.4, 0.5) is 5.69 Å². The van der Waals surface area contributed by atoms with Gasteiger partial charge in [0, 0.05) is 38.9 Å². The highest BCUT2D eigenvalue weighted by Gasteiger charge is 2.30. The van der Waals surface area contributed by atoms with Crippen LogP contribution in [0.25, 0.3) is 0 Å². The summed E-state index contributed by atoms with van der Waals surface area (Å²) in [6.07, 6.45) is -0.304. The van der Waals surface area contributed by atoms with Crippen molar-refractivity contribution in [2.24, 2.45) is 5.92 Å². The number of benzene rings is 1. The molecule has 0 aromatic heterocycles. The van der Waals surface area contributed by atoms with Crippen LogP contribution < -0.4 is 9.46 Å². The van der Waals surface area contributed by atoms with Gasteiger partial charge in [0.1, 0.15) is 12.4 Å². The van der Waals surface area contributed by atoms with Gasteiger partial charge in [-0.1, -0.05) is 6.92 Å². The summed E-state index contributed by atoms with van der Waals surface area (Å²) in [4.78, 5) is 31.5. The van der Waals surface area contributed by atoms with Crippen molar-refractivity contribution in [3.63, 3.8) is 0 Å². The fourth-order valence-electron chi connectivity index (χ4n) is 3.80. The predicted molar refractivity (Wildman–Crippen MR) is 132 cm³/mol. The van der Waals surface area contributed by atoms with Gasteiger partial charge in [-0.3, -0.25) is 14.3 Å². The number of carbonyl (C=O) groups is 2. The first kappa shape index (κ1) is 27.9. The number of rotatable bonds is 6. The maximum atomic E-state index is 13.3. The summed E-state index contributed by atoms with van der Waals surface area (Å²) in [5, 5.41) is 0. The van der Waals surface area contributed by atoms with Crippen molar-refractivity contribution in [1.82, 2.24) is 14.7 Å². The van der Waals surface area contributed by atoms with Crippen LogP contribution >= 0.6 is 0 Å². The number of methoxy groups -OCH3 is 1.